The van der Waals surface area contributed by atoms with Crippen LogP contribution in [0.15, 0.2) is 0 Å². The van der Waals surface area contributed by atoms with Gasteiger partial charge in [0.2, 0.25) is 0 Å². The lowest BCUT2D eigenvalue weighted by Gasteiger charge is -2.25. The number of hydrogen-bond donors (Lipinski definition) is 2. The number of nitrogens with zero attached hydrogens (tertiary/aromatic N) is 1. The fraction of sp³-hybridized carbons (Fsp3) is 1.00. The van der Waals surface area contributed by atoms with E-state index in [1.807, 2.05) is 4.31 Å². The second-order valence-electron chi connectivity index (χ2n) is 1.36. The smallest absolute Gasteiger partial charge is 0.0790 e. The largest absolute Gasteiger partial charge is 0.333 e. The van der Waals surface area contributed by atoms with Crippen LogP contribution in [-0.4, -0.2) is 29.0 Å². The highest BCUT2D eigenvalue weighted by Gasteiger charge is 2.11. The van der Waals surface area contributed by atoms with Crippen LogP contribution in [0, 0.1) is 0 Å². The van der Waals surface area contributed by atoms with E-state index in [0.29, 0.717) is 0 Å². The highest BCUT2D eigenvalue weighted by molar-refractivity contribution is 7.91. The summed E-state index contributed by atoms with van der Waals surface area (Å²) in [7, 11) is 1.50. The second-order valence-corrected chi connectivity index (χ2v) is 2.04. The van der Waals surface area contributed by atoms with Crippen molar-refractivity contribution >= 4 is 12.2 Å². The molecule has 0 aromatic carbocycles. The lowest BCUT2D eigenvalue weighted by molar-refractivity contribution is 0.326. The van der Waals surface area contributed by atoms with Crippen molar-refractivity contribution in [1.29, 1.82) is 0 Å². The summed E-state index contributed by atoms with van der Waals surface area (Å²) in [5.74, 6) is 0. The van der Waals surface area contributed by atoms with Crippen LogP contribution in [0.5, 0.6) is 0 Å². The predicted octanol–water partition coefficient (Wildman–Crippen LogP) is 0.388. The van der Waals surface area contributed by atoms with Crippen molar-refractivity contribution in [3.63, 3.8) is 0 Å². The Balaban J connectivity index is 0.000000222. The fourth-order valence-corrected chi connectivity index (χ4v) is 0.790. The van der Waals surface area contributed by atoms with Gasteiger partial charge in [-0.25, -0.2) is 4.31 Å². The van der Waals surface area contributed by atoms with Crippen molar-refractivity contribution in [3.8, 4) is 0 Å². The molecule has 50 valence electrons. The molecule has 0 aromatic heterocycles. The molecule has 0 amide bonds. The van der Waals surface area contributed by atoms with Crippen LogP contribution < -0.4 is 5.73 Å². The van der Waals surface area contributed by atoms with Crippen molar-refractivity contribution in [2.75, 3.05) is 20.1 Å². The summed E-state index contributed by atoms with van der Waals surface area (Å²) >= 11 is 0.845. The SMILES string of the molecule is CN.OSN1CCC1. The standard InChI is InChI=1S/C3H7NOS.CH5N/c5-6-4-2-1-3-4;1-2/h5H,1-3H2;2H2,1H3. The molecule has 0 saturated carbocycles. The third-order valence-electron chi connectivity index (χ3n) is 0.930. The Morgan fingerprint density at radius 1 is 1.50 bits per heavy atom. The Kier molecular flexibility index (Phi) is 5.52. The Labute approximate surface area is 54.2 Å². The number of nitrogens with two attached hydrogens (primary N) is 1. The van der Waals surface area contributed by atoms with Gasteiger partial charge in [0.1, 0.15) is 0 Å². The van der Waals surface area contributed by atoms with E-state index < -0.39 is 0 Å². The molecule has 0 radical (unpaired) electrons. The first kappa shape index (κ1) is 8.23. The average Bonchev–Trinajstić information content (AvgIpc) is 1.69. The van der Waals surface area contributed by atoms with Gasteiger partial charge in [0.25, 0.3) is 0 Å². The van der Waals surface area contributed by atoms with Gasteiger partial charge in [0.15, 0.2) is 0 Å². The minimum Gasteiger partial charge on any atom is -0.333 e. The highest BCUT2D eigenvalue weighted by atomic mass is 32.2. The van der Waals surface area contributed by atoms with Gasteiger partial charge in [-0.05, 0) is 13.5 Å². The van der Waals surface area contributed by atoms with Crippen LogP contribution in [0.3, 0.4) is 0 Å². The van der Waals surface area contributed by atoms with Crippen LogP contribution in [0.25, 0.3) is 0 Å². The molecule has 4 heteroatoms. The van der Waals surface area contributed by atoms with E-state index in [0.717, 1.165) is 25.3 Å². The first-order valence-corrected chi connectivity index (χ1v) is 3.31. The van der Waals surface area contributed by atoms with E-state index in [9.17, 15) is 0 Å². The zero-order valence-corrected chi connectivity index (χ0v) is 5.82. The molecule has 1 saturated heterocycles. The Morgan fingerprint density at radius 2 is 2.00 bits per heavy atom. The maximum atomic E-state index is 8.23. The molecular weight excluding hydrogens is 124 g/mol. The quantitative estimate of drug-likeness (QED) is 0.404. The van der Waals surface area contributed by atoms with Crippen molar-refractivity contribution in [2.24, 2.45) is 5.73 Å². The van der Waals surface area contributed by atoms with E-state index in [1.165, 1.54) is 13.5 Å². The monoisotopic (exact) mass is 136 g/mol. The van der Waals surface area contributed by atoms with Gasteiger partial charge in [0, 0.05) is 13.1 Å². The van der Waals surface area contributed by atoms with Crippen LogP contribution in [0.2, 0.25) is 0 Å². The minimum absolute atomic E-state index is 0.845. The molecule has 0 aromatic rings. The zero-order chi connectivity index (χ0) is 6.41. The third-order valence-corrected chi connectivity index (χ3v) is 1.53. The molecule has 1 aliphatic heterocycles. The van der Waals surface area contributed by atoms with Gasteiger partial charge in [0.05, 0.1) is 12.2 Å². The van der Waals surface area contributed by atoms with Crippen molar-refractivity contribution in [3.05, 3.63) is 0 Å². The van der Waals surface area contributed by atoms with Gasteiger partial charge >= 0.3 is 0 Å². The van der Waals surface area contributed by atoms with E-state index in [-0.39, 0.29) is 0 Å². The molecule has 3 N–H and O–H groups in total. The molecule has 1 fully saturated rings. The molecular formula is C4H12N2OS. The van der Waals surface area contributed by atoms with Crippen LogP contribution >= 0.6 is 12.2 Å². The van der Waals surface area contributed by atoms with Gasteiger partial charge in [-0.3, -0.25) is 0 Å². The van der Waals surface area contributed by atoms with E-state index in [1.54, 1.807) is 0 Å². The first-order valence-electron chi connectivity index (χ1n) is 2.57. The van der Waals surface area contributed by atoms with Gasteiger partial charge in [-0.15, -0.1) is 0 Å². The Morgan fingerprint density at radius 3 is 2.00 bits per heavy atom. The summed E-state index contributed by atoms with van der Waals surface area (Å²) in [6.07, 6.45) is 1.24. The number of hydrogen-bond acceptors (Lipinski definition) is 4. The van der Waals surface area contributed by atoms with Crippen molar-refractivity contribution < 1.29 is 4.55 Å². The average molecular weight is 136 g/mol. The molecule has 8 heavy (non-hydrogen) atoms. The summed E-state index contributed by atoms with van der Waals surface area (Å²) < 4.78 is 10.1. The predicted molar refractivity (Wildman–Crippen MR) is 36.5 cm³/mol. The fourth-order valence-electron chi connectivity index (χ4n) is 0.369. The van der Waals surface area contributed by atoms with Gasteiger partial charge in [-0.2, -0.15) is 0 Å². The van der Waals surface area contributed by atoms with E-state index in [2.05, 4.69) is 5.73 Å². The summed E-state index contributed by atoms with van der Waals surface area (Å²) in [5.41, 5.74) is 4.50. The summed E-state index contributed by atoms with van der Waals surface area (Å²) in [4.78, 5) is 0. The van der Waals surface area contributed by atoms with E-state index >= 15 is 0 Å². The molecule has 0 spiro atoms. The molecule has 0 bridgehead atoms. The van der Waals surface area contributed by atoms with Crippen LogP contribution in [0.1, 0.15) is 6.42 Å². The Hall–Kier alpha value is 0.230. The first-order chi connectivity index (χ1) is 3.93. The van der Waals surface area contributed by atoms with Crippen LogP contribution in [0.4, 0.5) is 0 Å². The topological polar surface area (TPSA) is 49.5 Å². The lowest BCUT2D eigenvalue weighted by atomic mass is 10.3. The maximum Gasteiger partial charge on any atom is 0.0790 e. The third kappa shape index (κ3) is 2.52. The zero-order valence-electron chi connectivity index (χ0n) is 5.00. The molecule has 1 heterocycles. The lowest BCUT2D eigenvalue weighted by Crippen LogP contribution is -2.30. The van der Waals surface area contributed by atoms with Crippen molar-refractivity contribution in [1.82, 2.24) is 4.31 Å². The second kappa shape index (κ2) is 5.37. The minimum atomic E-state index is 0.845. The van der Waals surface area contributed by atoms with Gasteiger partial charge < -0.3 is 10.3 Å². The molecule has 1 aliphatic rings. The Bertz CT molecular complexity index is 46.5. The molecule has 0 atom stereocenters. The maximum absolute atomic E-state index is 8.23. The van der Waals surface area contributed by atoms with Crippen LogP contribution in [-0.2, 0) is 0 Å². The molecule has 1 rings (SSSR count). The number of rotatable bonds is 1. The highest BCUT2D eigenvalue weighted by Crippen LogP contribution is 2.13. The summed E-state index contributed by atoms with van der Waals surface area (Å²) in [6, 6.07) is 0. The molecule has 3 nitrogen and oxygen atoms in total. The molecule has 0 unspecified atom stereocenters. The molecule has 0 aliphatic carbocycles. The summed E-state index contributed by atoms with van der Waals surface area (Å²) in [6.45, 7) is 2.11. The van der Waals surface area contributed by atoms with E-state index in [4.69, 9.17) is 4.55 Å². The normalized spacial score (nSPS) is 18.4. The summed E-state index contributed by atoms with van der Waals surface area (Å²) in [5, 5.41) is 0. The van der Waals surface area contributed by atoms with Gasteiger partial charge in [-0.1, -0.05) is 0 Å². The van der Waals surface area contributed by atoms with Crippen molar-refractivity contribution in [2.45, 2.75) is 6.42 Å².